The van der Waals surface area contributed by atoms with Gasteiger partial charge in [0.2, 0.25) is 6.10 Å². The van der Waals surface area contributed by atoms with Crippen LogP contribution in [-0.4, -0.2) is 61.8 Å². The summed E-state index contributed by atoms with van der Waals surface area (Å²) in [6.07, 6.45) is -0.614. The average Bonchev–Trinajstić information content (AvgIpc) is 3.25. The van der Waals surface area contributed by atoms with Crippen molar-refractivity contribution in [3.63, 3.8) is 0 Å². The Labute approximate surface area is 182 Å². The smallest absolute Gasteiger partial charge is 0.267 e. The van der Waals surface area contributed by atoms with Gasteiger partial charge in [-0.1, -0.05) is 35.1 Å². The van der Waals surface area contributed by atoms with Gasteiger partial charge in [0.15, 0.2) is 16.6 Å². The number of piperazine rings is 1. The summed E-state index contributed by atoms with van der Waals surface area (Å²) >= 11 is 7.89. The molecule has 2 aromatic carbocycles. The predicted octanol–water partition coefficient (Wildman–Crippen LogP) is 3.45. The van der Waals surface area contributed by atoms with Crippen molar-refractivity contribution in [2.24, 2.45) is 0 Å². The Hall–Kier alpha value is -2.71. The van der Waals surface area contributed by atoms with Crippen molar-refractivity contribution in [3.05, 3.63) is 41.4 Å². The summed E-state index contributed by atoms with van der Waals surface area (Å²) in [5, 5.41) is 1.55. The van der Waals surface area contributed by atoms with Gasteiger partial charge in [-0.15, -0.1) is 0 Å². The molecule has 0 spiro atoms. The van der Waals surface area contributed by atoms with Crippen molar-refractivity contribution in [1.29, 1.82) is 0 Å². The molecular weight excluding hydrogens is 426 g/mol. The standard InChI is InChI=1S/C21H20ClN3O4S/c1-27-16-7-6-13(22)19-18(16)23-21(30-19)25-10-8-24(9-11-25)20(26)17-12-28-14-4-2-3-5-15(14)29-17/h2-7,17H,8-12H2,1H3. The SMILES string of the molecule is COc1ccc(Cl)c2sc(N3CCN(C(=O)C4COc5ccccc5O4)CC3)nc12. The first-order valence-electron chi connectivity index (χ1n) is 9.69. The molecule has 7 nitrogen and oxygen atoms in total. The van der Waals surface area contributed by atoms with Crippen LogP contribution in [-0.2, 0) is 4.79 Å². The highest BCUT2D eigenvalue weighted by atomic mass is 35.5. The van der Waals surface area contributed by atoms with E-state index in [2.05, 4.69) is 4.90 Å². The van der Waals surface area contributed by atoms with E-state index in [4.69, 9.17) is 30.8 Å². The molecule has 3 heterocycles. The molecule has 1 amide bonds. The maximum absolute atomic E-state index is 12.9. The van der Waals surface area contributed by atoms with Crippen LogP contribution in [0.5, 0.6) is 17.2 Å². The first-order chi connectivity index (χ1) is 14.6. The first-order valence-corrected chi connectivity index (χ1v) is 10.9. The molecule has 0 bridgehead atoms. The Kier molecular flexibility index (Phi) is 5.04. The Morgan fingerprint density at radius 2 is 1.93 bits per heavy atom. The molecule has 0 aliphatic carbocycles. The molecule has 1 saturated heterocycles. The van der Waals surface area contributed by atoms with Gasteiger partial charge >= 0.3 is 0 Å². The van der Waals surface area contributed by atoms with E-state index in [0.717, 1.165) is 15.3 Å². The summed E-state index contributed by atoms with van der Waals surface area (Å²) in [6.45, 7) is 2.81. The molecule has 1 aromatic heterocycles. The Bertz CT molecular complexity index is 1100. The minimum Gasteiger partial charge on any atom is -0.494 e. The van der Waals surface area contributed by atoms with Crippen molar-refractivity contribution in [2.45, 2.75) is 6.10 Å². The Morgan fingerprint density at radius 1 is 1.17 bits per heavy atom. The molecule has 9 heteroatoms. The van der Waals surface area contributed by atoms with Crippen LogP contribution < -0.4 is 19.1 Å². The Morgan fingerprint density at radius 3 is 2.70 bits per heavy atom. The zero-order valence-electron chi connectivity index (χ0n) is 16.3. The monoisotopic (exact) mass is 445 g/mol. The van der Waals surface area contributed by atoms with Crippen LogP contribution in [0, 0.1) is 0 Å². The van der Waals surface area contributed by atoms with Crippen LogP contribution in [0.4, 0.5) is 5.13 Å². The van der Waals surface area contributed by atoms with E-state index in [1.54, 1.807) is 18.4 Å². The second-order valence-corrected chi connectivity index (χ2v) is 8.49. The number of fused-ring (bicyclic) bond motifs is 2. The third-order valence-electron chi connectivity index (χ3n) is 5.31. The van der Waals surface area contributed by atoms with Gasteiger partial charge in [0.05, 0.1) is 16.8 Å². The highest BCUT2D eigenvalue weighted by Crippen LogP contribution is 2.39. The van der Waals surface area contributed by atoms with Crippen LogP contribution in [0.3, 0.4) is 0 Å². The summed E-state index contributed by atoms with van der Waals surface area (Å²) < 4.78 is 17.9. The lowest BCUT2D eigenvalue weighted by Crippen LogP contribution is -2.54. The number of thiazole rings is 1. The van der Waals surface area contributed by atoms with Gasteiger partial charge in [0.25, 0.3) is 5.91 Å². The molecule has 0 N–H and O–H groups in total. The third-order valence-corrected chi connectivity index (χ3v) is 6.89. The Balaban J connectivity index is 1.26. The largest absolute Gasteiger partial charge is 0.494 e. The number of carbonyl (C=O) groups is 1. The number of aromatic nitrogens is 1. The molecule has 156 valence electrons. The number of nitrogens with zero attached hydrogens (tertiary/aromatic N) is 3. The van der Waals surface area contributed by atoms with Gasteiger partial charge in [-0.2, -0.15) is 0 Å². The molecule has 0 saturated carbocycles. The van der Waals surface area contributed by atoms with Crippen LogP contribution in [0.2, 0.25) is 5.02 Å². The van der Waals surface area contributed by atoms with Gasteiger partial charge in [-0.3, -0.25) is 4.79 Å². The molecule has 5 rings (SSSR count). The van der Waals surface area contributed by atoms with Crippen molar-refractivity contribution >= 4 is 44.2 Å². The fourth-order valence-corrected chi connectivity index (χ4v) is 5.01. The number of benzene rings is 2. The van der Waals surface area contributed by atoms with E-state index in [1.807, 2.05) is 41.3 Å². The quantitative estimate of drug-likeness (QED) is 0.615. The summed E-state index contributed by atoms with van der Waals surface area (Å²) in [5.74, 6) is 1.95. The number of carbonyl (C=O) groups excluding carboxylic acids is 1. The number of hydrogen-bond acceptors (Lipinski definition) is 7. The number of methoxy groups -OCH3 is 1. The maximum atomic E-state index is 12.9. The van der Waals surface area contributed by atoms with E-state index in [-0.39, 0.29) is 12.5 Å². The number of rotatable bonds is 3. The molecule has 1 atom stereocenters. The number of hydrogen-bond donors (Lipinski definition) is 0. The lowest BCUT2D eigenvalue weighted by molar-refractivity contribution is -0.141. The molecule has 1 unspecified atom stereocenters. The number of anilines is 1. The predicted molar refractivity (Wildman–Crippen MR) is 116 cm³/mol. The fourth-order valence-electron chi connectivity index (χ4n) is 3.70. The number of ether oxygens (including phenoxy) is 3. The molecule has 30 heavy (non-hydrogen) atoms. The van der Waals surface area contributed by atoms with Crippen LogP contribution >= 0.6 is 22.9 Å². The average molecular weight is 446 g/mol. The highest BCUT2D eigenvalue weighted by molar-refractivity contribution is 7.22. The van der Waals surface area contributed by atoms with Gasteiger partial charge in [0.1, 0.15) is 17.9 Å². The molecule has 2 aliphatic rings. The van der Waals surface area contributed by atoms with Crippen LogP contribution in [0.1, 0.15) is 0 Å². The van der Waals surface area contributed by atoms with Gasteiger partial charge in [0, 0.05) is 26.2 Å². The van der Waals surface area contributed by atoms with Crippen LogP contribution in [0.15, 0.2) is 36.4 Å². The molecule has 0 radical (unpaired) electrons. The van der Waals surface area contributed by atoms with E-state index < -0.39 is 6.10 Å². The second kappa shape index (κ2) is 7.85. The molecule has 2 aliphatic heterocycles. The van der Waals surface area contributed by atoms with Gasteiger partial charge in [-0.05, 0) is 24.3 Å². The van der Waals surface area contributed by atoms with Crippen molar-refractivity contribution in [2.75, 3.05) is 44.8 Å². The van der Waals surface area contributed by atoms with Gasteiger partial charge in [-0.25, -0.2) is 4.98 Å². The van der Waals surface area contributed by atoms with E-state index in [1.165, 1.54) is 0 Å². The number of amides is 1. The van der Waals surface area contributed by atoms with Crippen molar-refractivity contribution < 1.29 is 19.0 Å². The van der Waals surface area contributed by atoms with Crippen molar-refractivity contribution in [3.8, 4) is 17.2 Å². The fraction of sp³-hybridized carbons (Fsp3) is 0.333. The second-order valence-electron chi connectivity index (χ2n) is 7.10. The number of halogens is 1. The van der Waals surface area contributed by atoms with Crippen molar-refractivity contribution in [1.82, 2.24) is 9.88 Å². The molecule has 3 aromatic rings. The number of para-hydroxylation sites is 2. The maximum Gasteiger partial charge on any atom is 0.267 e. The zero-order valence-corrected chi connectivity index (χ0v) is 17.9. The highest BCUT2D eigenvalue weighted by Gasteiger charge is 2.33. The minimum atomic E-state index is -0.614. The molecular formula is C21H20ClN3O4S. The van der Waals surface area contributed by atoms with E-state index >= 15 is 0 Å². The lowest BCUT2D eigenvalue weighted by Gasteiger charge is -2.37. The zero-order chi connectivity index (χ0) is 20.7. The topological polar surface area (TPSA) is 64.1 Å². The molecule has 1 fully saturated rings. The van der Waals surface area contributed by atoms with Crippen LogP contribution in [0.25, 0.3) is 10.2 Å². The third kappa shape index (κ3) is 3.40. The van der Waals surface area contributed by atoms with E-state index in [0.29, 0.717) is 48.5 Å². The summed E-state index contributed by atoms with van der Waals surface area (Å²) in [6, 6.07) is 11.1. The summed E-state index contributed by atoms with van der Waals surface area (Å²) in [5.41, 5.74) is 0.773. The normalized spacial score (nSPS) is 18.5. The lowest BCUT2D eigenvalue weighted by atomic mass is 10.2. The van der Waals surface area contributed by atoms with E-state index in [9.17, 15) is 4.79 Å². The minimum absolute atomic E-state index is 0.0434. The summed E-state index contributed by atoms with van der Waals surface area (Å²) in [7, 11) is 1.63. The van der Waals surface area contributed by atoms with Gasteiger partial charge < -0.3 is 24.0 Å². The first kappa shape index (κ1) is 19.3. The summed E-state index contributed by atoms with van der Waals surface area (Å²) in [4.78, 5) is 21.7.